The van der Waals surface area contributed by atoms with Crippen LogP contribution in [-0.2, 0) is 11.2 Å². The molecular weight excluding hydrogens is 440 g/mol. The quantitative estimate of drug-likeness (QED) is 0.296. The minimum atomic E-state index is -0.0888. The van der Waals surface area contributed by atoms with Crippen LogP contribution < -0.4 is 21.1 Å². The lowest BCUT2D eigenvalue weighted by Gasteiger charge is -2.08. The zero-order valence-electron chi connectivity index (χ0n) is 19.1. The van der Waals surface area contributed by atoms with Gasteiger partial charge in [-0.2, -0.15) is 4.98 Å². The van der Waals surface area contributed by atoms with Crippen LogP contribution in [0.3, 0.4) is 0 Å². The van der Waals surface area contributed by atoms with Gasteiger partial charge >= 0.3 is 0 Å². The summed E-state index contributed by atoms with van der Waals surface area (Å²) in [5.74, 6) is 1.11. The normalized spacial score (nSPS) is 10.8. The Balaban J connectivity index is 1.27. The molecule has 0 unspecified atom stereocenters. The average Bonchev–Trinajstić information content (AvgIpc) is 3.27. The number of benzene rings is 3. The molecule has 0 spiro atoms. The summed E-state index contributed by atoms with van der Waals surface area (Å²) >= 11 is 0. The van der Waals surface area contributed by atoms with Crippen LogP contribution in [0.1, 0.15) is 5.56 Å². The summed E-state index contributed by atoms with van der Waals surface area (Å²) in [5.41, 5.74) is 11.7. The summed E-state index contributed by atoms with van der Waals surface area (Å²) in [6.07, 6.45) is 2.19. The van der Waals surface area contributed by atoms with Gasteiger partial charge in [-0.3, -0.25) is 4.79 Å². The molecule has 1 amide bonds. The van der Waals surface area contributed by atoms with Gasteiger partial charge in [-0.05, 0) is 59.7 Å². The maximum atomic E-state index is 12.5. The van der Waals surface area contributed by atoms with Crippen molar-refractivity contribution in [3.8, 4) is 16.9 Å². The van der Waals surface area contributed by atoms with E-state index in [1.807, 2.05) is 91.1 Å². The van der Waals surface area contributed by atoms with Gasteiger partial charge in [-0.15, -0.1) is 5.10 Å². The number of anilines is 4. The van der Waals surface area contributed by atoms with Crippen molar-refractivity contribution in [3.05, 3.63) is 96.7 Å². The Morgan fingerprint density at radius 3 is 2.57 bits per heavy atom. The number of nitrogens with two attached hydrogens (primary N) is 1. The first-order valence-electron chi connectivity index (χ1n) is 11.1. The molecule has 0 aliphatic heterocycles. The van der Waals surface area contributed by atoms with Crippen molar-refractivity contribution in [2.24, 2.45) is 0 Å². The van der Waals surface area contributed by atoms with E-state index in [0.29, 0.717) is 17.3 Å². The Kier molecular flexibility index (Phi) is 6.00. The lowest BCUT2D eigenvalue weighted by Crippen LogP contribution is -2.14. The monoisotopic (exact) mass is 464 g/mol. The van der Waals surface area contributed by atoms with Crippen molar-refractivity contribution in [3.63, 3.8) is 0 Å². The van der Waals surface area contributed by atoms with Gasteiger partial charge in [-0.1, -0.05) is 36.4 Å². The lowest BCUT2D eigenvalue weighted by molar-refractivity contribution is -0.115. The summed E-state index contributed by atoms with van der Waals surface area (Å²) < 4.78 is 6.94. The number of nitrogens with one attached hydrogen (secondary N) is 2. The van der Waals surface area contributed by atoms with Crippen molar-refractivity contribution in [2.75, 3.05) is 23.5 Å². The van der Waals surface area contributed by atoms with Gasteiger partial charge in [0, 0.05) is 17.4 Å². The standard InChI is InChI=1S/C27H24N6O2/c1-35-22-6-4-5-18(15-22)16-26(34)29-21-12-9-19(10-13-21)20-11-14-25-31-27(32-33(25)17-20)30-24-8-3-2-7-23(24)28/h2-15,17H,16,28H2,1H3,(H,29,34)(H,30,32). The maximum absolute atomic E-state index is 12.5. The van der Waals surface area contributed by atoms with Crippen molar-refractivity contribution in [1.29, 1.82) is 0 Å². The summed E-state index contributed by atoms with van der Waals surface area (Å²) in [5, 5.41) is 10.6. The molecule has 5 rings (SSSR count). The van der Waals surface area contributed by atoms with Crippen molar-refractivity contribution in [2.45, 2.75) is 6.42 Å². The molecule has 2 heterocycles. The van der Waals surface area contributed by atoms with Gasteiger partial charge in [-0.25, -0.2) is 4.52 Å². The molecule has 0 fully saturated rings. The number of fused-ring (bicyclic) bond motifs is 1. The van der Waals surface area contributed by atoms with Gasteiger partial charge in [0.2, 0.25) is 11.9 Å². The summed E-state index contributed by atoms with van der Waals surface area (Å²) in [6, 6.07) is 26.6. The second-order valence-corrected chi connectivity index (χ2v) is 8.02. The van der Waals surface area contributed by atoms with E-state index in [-0.39, 0.29) is 12.3 Å². The van der Waals surface area contributed by atoms with Gasteiger partial charge in [0.25, 0.3) is 0 Å². The number of nitrogen functional groups attached to an aromatic ring is 1. The van der Waals surface area contributed by atoms with Crippen molar-refractivity contribution >= 4 is 34.6 Å². The lowest BCUT2D eigenvalue weighted by atomic mass is 10.1. The van der Waals surface area contributed by atoms with Crippen LogP contribution in [0, 0.1) is 0 Å². The number of hydrogen-bond acceptors (Lipinski definition) is 6. The van der Waals surface area contributed by atoms with E-state index in [1.165, 1.54) is 0 Å². The van der Waals surface area contributed by atoms with Crippen molar-refractivity contribution in [1.82, 2.24) is 14.6 Å². The molecule has 35 heavy (non-hydrogen) atoms. The molecule has 0 saturated carbocycles. The Labute approximate surface area is 202 Å². The van der Waals surface area contributed by atoms with Crippen LogP contribution >= 0.6 is 0 Å². The number of rotatable bonds is 7. The third-order valence-electron chi connectivity index (χ3n) is 5.54. The molecule has 8 nitrogen and oxygen atoms in total. The van der Waals surface area contributed by atoms with E-state index < -0.39 is 0 Å². The SMILES string of the molecule is COc1cccc(CC(=O)Nc2ccc(-c3ccc4nc(Nc5ccccc5N)nn4c3)cc2)c1. The molecular formula is C27H24N6O2. The topological polar surface area (TPSA) is 107 Å². The fourth-order valence-corrected chi connectivity index (χ4v) is 3.76. The number of amides is 1. The molecule has 2 aromatic heterocycles. The van der Waals surface area contributed by atoms with E-state index in [2.05, 4.69) is 20.7 Å². The fourth-order valence-electron chi connectivity index (χ4n) is 3.76. The summed E-state index contributed by atoms with van der Waals surface area (Å²) in [6.45, 7) is 0. The fraction of sp³-hybridized carbons (Fsp3) is 0.0741. The minimum absolute atomic E-state index is 0.0888. The van der Waals surface area contributed by atoms with Gasteiger partial charge < -0.3 is 21.1 Å². The number of hydrogen-bond donors (Lipinski definition) is 3. The Morgan fingerprint density at radius 2 is 1.77 bits per heavy atom. The number of carbonyl (C=O) groups is 1. The van der Waals surface area contributed by atoms with E-state index in [0.717, 1.165) is 33.8 Å². The van der Waals surface area contributed by atoms with Crippen LogP contribution in [0.4, 0.5) is 23.0 Å². The summed E-state index contributed by atoms with van der Waals surface area (Å²) in [4.78, 5) is 17.0. The second-order valence-electron chi connectivity index (χ2n) is 8.02. The molecule has 0 aliphatic carbocycles. The first-order valence-corrected chi connectivity index (χ1v) is 11.1. The highest BCUT2D eigenvalue weighted by Gasteiger charge is 2.09. The molecule has 8 heteroatoms. The third-order valence-corrected chi connectivity index (χ3v) is 5.54. The number of aromatic nitrogens is 3. The average molecular weight is 465 g/mol. The van der Waals surface area contributed by atoms with Gasteiger partial charge in [0.1, 0.15) is 5.75 Å². The molecule has 0 aliphatic rings. The number of methoxy groups -OCH3 is 1. The number of pyridine rings is 1. The number of nitrogens with zero attached hydrogens (tertiary/aromatic N) is 3. The number of ether oxygens (including phenoxy) is 1. The van der Waals surface area contributed by atoms with Crippen LogP contribution in [0.15, 0.2) is 91.1 Å². The molecule has 3 aromatic carbocycles. The second kappa shape index (κ2) is 9.56. The molecule has 5 aromatic rings. The Bertz CT molecular complexity index is 1490. The van der Waals surface area contributed by atoms with Crippen LogP contribution in [-0.4, -0.2) is 27.6 Å². The molecule has 0 radical (unpaired) electrons. The van der Waals surface area contributed by atoms with Crippen LogP contribution in [0.2, 0.25) is 0 Å². The van der Waals surface area contributed by atoms with E-state index in [1.54, 1.807) is 11.6 Å². The Hall–Kier alpha value is -4.85. The number of carbonyl (C=O) groups excluding carboxylic acids is 1. The van der Waals surface area contributed by atoms with Gasteiger partial charge in [0.05, 0.1) is 24.9 Å². The molecule has 174 valence electrons. The smallest absolute Gasteiger partial charge is 0.247 e. The highest BCUT2D eigenvalue weighted by molar-refractivity contribution is 5.92. The largest absolute Gasteiger partial charge is 0.497 e. The van der Waals surface area contributed by atoms with E-state index in [4.69, 9.17) is 10.5 Å². The minimum Gasteiger partial charge on any atom is -0.497 e. The van der Waals surface area contributed by atoms with Gasteiger partial charge in [0.15, 0.2) is 5.65 Å². The molecule has 4 N–H and O–H groups in total. The predicted octanol–water partition coefficient (Wildman–Crippen LogP) is 4.91. The molecule has 0 bridgehead atoms. The van der Waals surface area contributed by atoms with E-state index in [9.17, 15) is 4.79 Å². The van der Waals surface area contributed by atoms with E-state index >= 15 is 0 Å². The highest BCUT2D eigenvalue weighted by atomic mass is 16.5. The third kappa shape index (κ3) is 5.06. The molecule has 0 saturated heterocycles. The number of para-hydroxylation sites is 2. The Morgan fingerprint density at radius 1 is 0.971 bits per heavy atom. The zero-order chi connectivity index (χ0) is 24.2. The summed E-state index contributed by atoms with van der Waals surface area (Å²) in [7, 11) is 1.61. The first kappa shape index (κ1) is 22.0. The van der Waals surface area contributed by atoms with Crippen LogP contribution in [0.5, 0.6) is 5.75 Å². The molecule has 0 atom stereocenters. The van der Waals surface area contributed by atoms with Crippen molar-refractivity contribution < 1.29 is 9.53 Å². The van der Waals surface area contributed by atoms with Crippen LogP contribution in [0.25, 0.3) is 16.8 Å². The first-order chi connectivity index (χ1) is 17.1. The predicted molar refractivity (Wildman–Crippen MR) is 138 cm³/mol. The highest BCUT2D eigenvalue weighted by Crippen LogP contribution is 2.24. The maximum Gasteiger partial charge on any atom is 0.247 e. The zero-order valence-corrected chi connectivity index (χ0v) is 19.1.